The molecule has 1 saturated carbocycles. The number of nitrogens with zero attached hydrogens (tertiary/aromatic N) is 2. The van der Waals surface area contributed by atoms with Gasteiger partial charge in [-0.2, -0.15) is 0 Å². The molecule has 0 amide bonds. The topological polar surface area (TPSA) is 67.2 Å². The number of hydrogen-bond donors (Lipinski definition) is 2. The highest BCUT2D eigenvalue weighted by molar-refractivity contribution is 5.68. The van der Waals surface area contributed by atoms with Gasteiger partial charge in [0.1, 0.15) is 0 Å². The van der Waals surface area contributed by atoms with Crippen LogP contribution in [0.15, 0.2) is 12.5 Å². The van der Waals surface area contributed by atoms with Crippen molar-refractivity contribution in [2.45, 2.75) is 25.4 Å². The Balaban J connectivity index is 1.88. The van der Waals surface area contributed by atoms with E-state index >= 15 is 0 Å². The van der Waals surface area contributed by atoms with Crippen molar-refractivity contribution in [2.24, 2.45) is 0 Å². The van der Waals surface area contributed by atoms with E-state index in [0.29, 0.717) is 12.6 Å². The number of carboxylic acid groups (broad SMARTS) is 1. The minimum absolute atomic E-state index is 0.00412. The molecule has 1 aromatic heterocycles. The SMILES string of the molecule is O=C(O)CNCc1cncn1C1CC1. The summed E-state index contributed by atoms with van der Waals surface area (Å²) in [6, 6.07) is 0.596. The van der Waals surface area contributed by atoms with E-state index in [2.05, 4.69) is 14.9 Å². The van der Waals surface area contributed by atoms with Gasteiger partial charge in [-0.1, -0.05) is 0 Å². The van der Waals surface area contributed by atoms with Crippen molar-refractivity contribution in [1.29, 1.82) is 0 Å². The van der Waals surface area contributed by atoms with Crippen LogP contribution in [0.1, 0.15) is 24.6 Å². The van der Waals surface area contributed by atoms with E-state index in [4.69, 9.17) is 5.11 Å². The van der Waals surface area contributed by atoms with E-state index in [1.54, 1.807) is 6.20 Å². The van der Waals surface area contributed by atoms with E-state index < -0.39 is 5.97 Å². The van der Waals surface area contributed by atoms with Gasteiger partial charge in [0.05, 0.1) is 18.6 Å². The number of carbonyl (C=O) groups is 1. The van der Waals surface area contributed by atoms with Gasteiger partial charge in [-0.05, 0) is 12.8 Å². The molecule has 0 spiro atoms. The highest BCUT2D eigenvalue weighted by Crippen LogP contribution is 2.35. The maximum atomic E-state index is 10.3. The second-order valence-corrected chi connectivity index (χ2v) is 3.52. The molecular formula is C9H13N3O2. The Morgan fingerprint density at radius 1 is 1.71 bits per heavy atom. The summed E-state index contributed by atoms with van der Waals surface area (Å²) in [6.07, 6.45) is 6.02. The van der Waals surface area contributed by atoms with Crippen LogP contribution in [0.4, 0.5) is 0 Å². The smallest absolute Gasteiger partial charge is 0.317 e. The molecule has 1 heterocycles. The second kappa shape index (κ2) is 3.79. The molecule has 0 bridgehead atoms. The second-order valence-electron chi connectivity index (χ2n) is 3.52. The van der Waals surface area contributed by atoms with Crippen LogP contribution in [-0.4, -0.2) is 27.2 Å². The quantitative estimate of drug-likeness (QED) is 0.713. The van der Waals surface area contributed by atoms with Gasteiger partial charge in [0.25, 0.3) is 0 Å². The molecule has 1 aromatic rings. The summed E-state index contributed by atoms with van der Waals surface area (Å²) in [5, 5.41) is 11.3. The van der Waals surface area contributed by atoms with Gasteiger partial charge in [-0.15, -0.1) is 0 Å². The van der Waals surface area contributed by atoms with Crippen LogP contribution in [0.2, 0.25) is 0 Å². The normalized spacial score (nSPS) is 15.7. The number of aromatic nitrogens is 2. The van der Waals surface area contributed by atoms with Crippen molar-refractivity contribution in [2.75, 3.05) is 6.54 Å². The Kier molecular flexibility index (Phi) is 2.49. The first-order valence-electron chi connectivity index (χ1n) is 4.70. The summed E-state index contributed by atoms with van der Waals surface area (Å²) in [7, 11) is 0. The molecule has 1 fully saturated rings. The average molecular weight is 195 g/mol. The Hall–Kier alpha value is -1.36. The van der Waals surface area contributed by atoms with Gasteiger partial charge in [-0.25, -0.2) is 4.98 Å². The number of aliphatic carboxylic acids is 1. The van der Waals surface area contributed by atoms with Gasteiger partial charge in [-0.3, -0.25) is 4.79 Å². The first-order valence-corrected chi connectivity index (χ1v) is 4.70. The minimum Gasteiger partial charge on any atom is -0.480 e. The van der Waals surface area contributed by atoms with E-state index in [9.17, 15) is 4.79 Å². The van der Waals surface area contributed by atoms with Gasteiger partial charge >= 0.3 is 5.97 Å². The van der Waals surface area contributed by atoms with Crippen LogP contribution in [0, 0.1) is 0 Å². The van der Waals surface area contributed by atoms with E-state index in [1.807, 2.05) is 6.33 Å². The third-order valence-electron chi connectivity index (χ3n) is 2.27. The maximum absolute atomic E-state index is 10.3. The van der Waals surface area contributed by atoms with E-state index in [-0.39, 0.29) is 6.54 Å². The summed E-state index contributed by atoms with van der Waals surface area (Å²) >= 11 is 0. The summed E-state index contributed by atoms with van der Waals surface area (Å²) in [5.41, 5.74) is 1.06. The summed E-state index contributed by atoms with van der Waals surface area (Å²) in [4.78, 5) is 14.3. The third-order valence-corrected chi connectivity index (χ3v) is 2.27. The molecule has 1 aliphatic rings. The van der Waals surface area contributed by atoms with Crippen LogP contribution in [-0.2, 0) is 11.3 Å². The highest BCUT2D eigenvalue weighted by Gasteiger charge is 2.24. The lowest BCUT2D eigenvalue weighted by atomic mass is 10.4. The first kappa shape index (κ1) is 9.21. The Labute approximate surface area is 81.8 Å². The molecule has 5 nitrogen and oxygen atoms in total. The van der Waals surface area contributed by atoms with Crippen LogP contribution in [0.5, 0.6) is 0 Å². The molecule has 2 N–H and O–H groups in total. The number of nitrogens with one attached hydrogen (secondary N) is 1. The Morgan fingerprint density at radius 3 is 3.14 bits per heavy atom. The first-order chi connectivity index (χ1) is 6.77. The van der Waals surface area contributed by atoms with Crippen molar-refractivity contribution in [3.8, 4) is 0 Å². The maximum Gasteiger partial charge on any atom is 0.317 e. The molecule has 0 saturated heterocycles. The Morgan fingerprint density at radius 2 is 2.50 bits per heavy atom. The third kappa shape index (κ3) is 2.11. The molecule has 0 atom stereocenters. The fourth-order valence-corrected chi connectivity index (χ4v) is 1.45. The largest absolute Gasteiger partial charge is 0.480 e. The molecule has 2 rings (SSSR count). The lowest BCUT2D eigenvalue weighted by Crippen LogP contribution is -2.23. The zero-order chi connectivity index (χ0) is 9.97. The van der Waals surface area contributed by atoms with E-state index in [0.717, 1.165) is 5.69 Å². The molecule has 0 aliphatic heterocycles. The van der Waals surface area contributed by atoms with Crippen molar-refractivity contribution in [3.63, 3.8) is 0 Å². The molecule has 0 aromatic carbocycles. The van der Waals surface area contributed by atoms with Gasteiger partial charge < -0.3 is 15.0 Å². The standard InChI is InChI=1S/C9H13N3O2/c13-9(14)5-10-3-8-4-11-6-12(8)7-1-2-7/h4,6-7,10H,1-3,5H2,(H,13,14). The number of hydrogen-bond acceptors (Lipinski definition) is 3. The molecular weight excluding hydrogens is 182 g/mol. The lowest BCUT2D eigenvalue weighted by Gasteiger charge is -2.06. The van der Waals surface area contributed by atoms with Crippen LogP contribution < -0.4 is 5.32 Å². The molecule has 0 unspecified atom stereocenters. The van der Waals surface area contributed by atoms with Crippen molar-refractivity contribution in [1.82, 2.24) is 14.9 Å². The van der Waals surface area contributed by atoms with Crippen LogP contribution in [0.25, 0.3) is 0 Å². The summed E-state index contributed by atoms with van der Waals surface area (Å²) in [5.74, 6) is -0.831. The molecule has 0 radical (unpaired) electrons. The van der Waals surface area contributed by atoms with Gasteiger partial charge in [0.15, 0.2) is 0 Å². The monoisotopic (exact) mass is 195 g/mol. The van der Waals surface area contributed by atoms with Crippen molar-refractivity contribution < 1.29 is 9.90 Å². The minimum atomic E-state index is -0.831. The number of rotatable bonds is 5. The predicted molar refractivity (Wildman–Crippen MR) is 49.8 cm³/mol. The molecule has 1 aliphatic carbocycles. The van der Waals surface area contributed by atoms with Crippen LogP contribution >= 0.6 is 0 Å². The van der Waals surface area contributed by atoms with Gasteiger partial charge in [0.2, 0.25) is 0 Å². The summed E-state index contributed by atoms with van der Waals surface area (Å²) in [6.45, 7) is 0.568. The van der Waals surface area contributed by atoms with E-state index in [1.165, 1.54) is 12.8 Å². The lowest BCUT2D eigenvalue weighted by molar-refractivity contribution is -0.136. The van der Waals surface area contributed by atoms with Crippen molar-refractivity contribution in [3.05, 3.63) is 18.2 Å². The molecule has 14 heavy (non-hydrogen) atoms. The zero-order valence-corrected chi connectivity index (χ0v) is 7.81. The number of imidazole rings is 1. The van der Waals surface area contributed by atoms with Crippen LogP contribution in [0.3, 0.4) is 0 Å². The molecule has 76 valence electrons. The average Bonchev–Trinajstić information content (AvgIpc) is 2.87. The zero-order valence-electron chi connectivity index (χ0n) is 7.81. The fourth-order valence-electron chi connectivity index (χ4n) is 1.45. The predicted octanol–water partition coefficient (Wildman–Crippen LogP) is 0.392. The van der Waals surface area contributed by atoms with Gasteiger partial charge in [0, 0.05) is 18.8 Å². The fraction of sp³-hybridized carbons (Fsp3) is 0.556. The number of carboxylic acids is 1. The summed E-state index contributed by atoms with van der Waals surface area (Å²) < 4.78 is 2.12. The molecule has 5 heteroatoms. The highest BCUT2D eigenvalue weighted by atomic mass is 16.4. The Bertz CT molecular complexity index is 331. The van der Waals surface area contributed by atoms with Crippen molar-refractivity contribution >= 4 is 5.97 Å².